The van der Waals surface area contributed by atoms with Crippen LogP contribution in [0.15, 0.2) is 18.2 Å². The summed E-state index contributed by atoms with van der Waals surface area (Å²) in [4.78, 5) is 14.6. The molecule has 1 amide bonds. The first kappa shape index (κ1) is 17.1. The summed E-state index contributed by atoms with van der Waals surface area (Å²) in [6, 6.07) is 5.61. The Morgan fingerprint density at radius 2 is 2.09 bits per heavy atom. The van der Waals surface area contributed by atoms with E-state index in [1.54, 1.807) is 0 Å². The molecular formula is C17H26ClN3O. The number of nitrogens with one attached hydrogen (secondary N) is 1. The monoisotopic (exact) mass is 323 g/mol. The van der Waals surface area contributed by atoms with E-state index < -0.39 is 0 Å². The molecule has 1 aromatic carbocycles. The van der Waals surface area contributed by atoms with Gasteiger partial charge in [-0.3, -0.25) is 10.2 Å². The van der Waals surface area contributed by atoms with Gasteiger partial charge in [0.15, 0.2) is 0 Å². The van der Waals surface area contributed by atoms with Gasteiger partial charge in [0.05, 0.1) is 0 Å². The van der Waals surface area contributed by atoms with Crippen molar-refractivity contribution in [2.24, 2.45) is 11.8 Å². The second-order valence-corrected chi connectivity index (χ2v) is 7.62. The van der Waals surface area contributed by atoms with E-state index in [4.69, 9.17) is 17.4 Å². The summed E-state index contributed by atoms with van der Waals surface area (Å²) in [6.45, 7) is 10.7. The fourth-order valence-electron chi connectivity index (χ4n) is 3.75. The molecule has 0 aliphatic carbocycles. The first-order chi connectivity index (χ1) is 10.2. The number of hydrazine groups is 1. The molecule has 5 heteroatoms. The number of benzene rings is 1. The topological polar surface area (TPSA) is 58.4 Å². The van der Waals surface area contributed by atoms with Gasteiger partial charge in [-0.05, 0) is 55.9 Å². The average Bonchev–Trinajstić information content (AvgIpc) is 2.42. The van der Waals surface area contributed by atoms with Crippen LogP contribution in [0.3, 0.4) is 0 Å². The van der Waals surface area contributed by atoms with Gasteiger partial charge in [-0.25, -0.2) is 5.84 Å². The van der Waals surface area contributed by atoms with Crippen molar-refractivity contribution in [2.75, 3.05) is 4.90 Å². The van der Waals surface area contributed by atoms with E-state index in [2.05, 4.69) is 31.1 Å². The molecule has 0 radical (unpaired) electrons. The molecule has 0 spiro atoms. The number of halogens is 1. The highest BCUT2D eigenvalue weighted by molar-refractivity contribution is 6.30. The van der Waals surface area contributed by atoms with E-state index in [1.807, 2.05) is 32.0 Å². The second-order valence-electron chi connectivity index (χ2n) is 7.19. The van der Waals surface area contributed by atoms with Crippen LogP contribution in [-0.4, -0.2) is 17.5 Å². The van der Waals surface area contributed by atoms with Crippen LogP contribution in [0, 0.1) is 5.92 Å². The molecule has 0 unspecified atom stereocenters. The molecule has 0 saturated carbocycles. The lowest BCUT2D eigenvalue weighted by Crippen LogP contribution is -2.61. The standard InChI is InChI=1S/C17H26ClN3O/c1-10(2)15(16(22)20-19)21-14-7-6-12(18)8-13(14)11(3)9-17(21,4)5/h6-8,10-11,15H,9,19H2,1-5H3,(H,20,22)/t11-,15+/m0/s1. The van der Waals surface area contributed by atoms with Crippen molar-refractivity contribution in [1.82, 2.24) is 5.43 Å². The molecule has 4 nitrogen and oxygen atoms in total. The Morgan fingerprint density at radius 1 is 1.45 bits per heavy atom. The van der Waals surface area contributed by atoms with Crippen LogP contribution in [-0.2, 0) is 4.79 Å². The molecule has 1 aliphatic rings. The number of hydrogen-bond donors (Lipinski definition) is 2. The molecule has 2 atom stereocenters. The molecule has 0 bridgehead atoms. The van der Waals surface area contributed by atoms with Crippen molar-refractivity contribution < 1.29 is 4.79 Å². The number of carbonyl (C=O) groups excluding carboxylic acids is 1. The van der Waals surface area contributed by atoms with Gasteiger partial charge in [-0.1, -0.05) is 32.4 Å². The van der Waals surface area contributed by atoms with Gasteiger partial charge in [0, 0.05) is 16.2 Å². The number of nitrogens with zero attached hydrogens (tertiary/aromatic N) is 1. The highest BCUT2D eigenvalue weighted by Crippen LogP contribution is 2.46. The highest BCUT2D eigenvalue weighted by Gasteiger charge is 2.43. The van der Waals surface area contributed by atoms with Gasteiger partial charge in [-0.15, -0.1) is 0 Å². The van der Waals surface area contributed by atoms with Gasteiger partial charge >= 0.3 is 0 Å². The minimum atomic E-state index is -0.313. The Morgan fingerprint density at radius 3 is 2.64 bits per heavy atom. The summed E-state index contributed by atoms with van der Waals surface area (Å²) in [7, 11) is 0. The van der Waals surface area contributed by atoms with Gasteiger partial charge < -0.3 is 4.90 Å². The molecule has 122 valence electrons. The van der Waals surface area contributed by atoms with Crippen molar-refractivity contribution in [3.63, 3.8) is 0 Å². The van der Waals surface area contributed by atoms with Crippen LogP contribution in [0.4, 0.5) is 5.69 Å². The molecule has 0 aromatic heterocycles. The summed E-state index contributed by atoms with van der Waals surface area (Å²) >= 11 is 6.17. The number of nitrogens with two attached hydrogens (primary N) is 1. The third kappa shape index (κ3) is 2.95. The maximum Gasteiger partial charge on any atom is 0.256 e. The number of fused-ring (bicyclic) bond motifs is 1. The minimum absolute atomic E-state index is 0.137. The molecule has 1 aromatic rings. The number of carbonyl (C=O) groups is 1. The van der Waals surface area contributed by atoms with E-state index in [-0.39, 0.29) is 23.4 Å². The number of anilines is 1. The number of rotatable bonds is 3. The molecule has 1 heterocycles. The summed E-state index contributed by atoms with van der Waals surface area (Å²) in [6.07, 6.45) is 0.960. The zero-order chi connectivity index (χ0) is 16.7. The van der Waals surface area contributed by atoms with Gasteiger partial charge in [0.1, 0.15) is 6.04 Å². The van der Waals surface area contributed by atoms with E-state index in [0.717, 1.165) is 17.1 Å². The molecule has 22 heavy (non-hydrogen) atoms. The average molecular weight is 324 g/mol. The lowest BCUT2D eigenvalue weighted by Gasteiger charge is -2.51. The lowest BCUT2D eigenvalue weighted by atomic mass is 9.78. The van der Waals surface area contributed by atoms with Gasteiger partial charge in [0.25, 0.3) is 5.91 Å². The SMILES string of the molecule is CC(C)[C@H](C(=O)NN)N1c2ccc(Cl)cc2[C@@H](C)CC1(C)C. The van der Waals surface area contributed by atoms with Crippen molar-refractivity contribution >= 4 is 23.2 Å². The second kappa shape index (κ2) is 6.09. The van der Waals surface area contributed by atoms with Crippen molar-refractivity contribution in [2.45, 2.75) is 58.5 Å². The van der Waals surface area contributed by atoms with Crippen LogP contribution < -0.4 is 16.2 Å². The van der Waals surface area contributed by atoms with E-state index in [9.17, 15) is 4.79 Å². The number of hydrogen-bond acceptors (Lipinski definition) is 3. The van der Waals surface area contributed by atoms with Crippen LogP contribution in [0.25, 0.3) is 0 Å². The fraction of sp³-hybridized carbons (Fsp3) is 0.588. The van der Waals surface area contributed by atoms with Crippen molar-refractivity contribution in [3.05, 3.63) is 28.8 Å². The summed E-state index contributed by atoms with van der Waals surface area (Å²) in [5.41, 5.74) is 4.47. The predicted molar refractivity (Wildman–Crippen MR) is 92.0 cm³/mol. The molecule has 1 aliphatic heterocycles. The van der Waals surface area contributed by atoms with Crippen LogP contribution in [0.2, 0.25) is 5.02 Å². The molecule has 0 fully saturated rings. The predicted octanol–water partition coefficient (Wildman–Crippen LogP) is 3.45. The first-order valence-electron chi connectivity index (χ1n) is 7.78. The Balaban J connectivity index is 2.61. The minimum Gasteiger partial charge on any atom is -0.354 e. The third-order valence-corrected chi connectivity index (χ3v) is 4.79. The van der Waals surface area contributed by atoms with E-state index in [1.165, 1.54) is 5.56 Å². The summed E-state index contributed by atoms with van der Waals surface area (Å²) < 4.78 is 0. The lowest BCUT2D eigenvalue weighted by molar-refractivity contribution is -0.123. The number of amides is 1. The van der Waals surface area contributed by atoms with E-state index >= 15 is 0 Å². The first-order valence-corrected chi connectivity index (χ1v) is 8.16. The maximum atomic E-state index is 12.4. The Hall–Kier alpha value is -1.26. The summed E-state index contributed by atoms with van der Waals surface area (Å²) in [5, 5.41) is 0.731. The zero-order valence-electron chi connectivity index (χ0n) is 14.0. The maximum absolute atomic E-state index is 12.4. The smallest absolute Gasteiger partial charge is 0.256 e. The molecule has 2 rings (SSSR count). The quantitative estimate of drug-likeness (QED) is 0.509. The highest BCUT2D eigenvalue weighted by atomic mass is 35.5. The van der Waals surface area contributed by atoms with Gasteiger partial charge in [-0.2, -0.15) is 0 Å². The third-order valence-electron chi connectivity index (χ3n) is 4.56. The van der Waals surface area contributed by atoms with E-state index in [0.29, 0.717) is 5.92 Å². The molecule has 0 saturated heterocycles. The normalized spacial score (nSPS) is 21.5. The van der Waals surface area contributed by atoms with Crippen molar-refractivity contribution in [1.29, 1.82) is 0 Å². The molecular weight excluding hydrogens is 298 g/mol. The zero-order valence-corrected chi connectivity index (χ0v) is 14.7. The van der Waals surface area contributed by atoms with Crippen LogP contribution in [0.1, 0.15) is 52.5 Å². The van der Waals surface area contributed by atoms with Crippen LogP contribution in [0.5, 0.6) is 0 Å². The summed E-state index contributed by atoms with van der Waals surface area (Å²) in [5.74, 6) is 5.81. The van der Waals surface area contributed by atoms with Gasteiger partial charge in [0.2, 0.25) is 0 Å². The molecule has 3 N–H and O–H groups in total. The largest absolute Gasteiger partial charge is 0.354 e. The van der Waals surface area contributed by atoms with Crippen LogP contribution >= 0.6 is 11.6 Å². The Bertz CT molecular complexity index is 571. The Labute approximate surface area is 138 Å². The Kier molecular flexibility index (Phi) is 4.73. The fourth-order valence-corrected chi connectivity index (χ4v) is 3.93. The van der Waals surface area contributed by atoms with Crippen molar-refractivity contribution in [3.8, 4) is 0 Å².